The van der Waals surface area contributed by atoms with Crippen molar-refractivity contribution in [2.75, 3.05) is 6.54 Å². The molecule has 0 aliphatic heterocycles. The zero-order chi connectivity index (χ0) is 17.6. The molecular weight excluding hydrogens is 343 g/mol. The average molecular weight is 361 g/mol. The molecule has 8 heteroatoms. The molecule has 0 bridgehead atoms. The zero-order valence-corrected chi connectivity index (χ0v) is 14.2. The maximum absolute atomic E-state index is 11.9. The van der Waals surface area contributed by atoms with E-state index in [4.69, 9.17) is 28.3 Å². The lowest BCUT2D eigenvalue weighted by molar-refractivity contribution is -0.142. The van der Waals surface area contributed by atoms with Gasteiger partial charge < -0.3 is 15.7 Å². The van der Waals surface area contributed by atoms with Crippen LogP contribution in [-0.4, -0.2) is 35.5 Å². The van der Waals surface area contributed by atoms with Gasteiger partial charge in [-0.2, -0.15) is 0 Å². The third kappa shape index (κ3) is 6.46. The Labute approximate surface area is 144 Å². The van der Waals surface area contributed by atoms with Crippen LogP contribution in [0.3, 0.4) is 0 Å². The highest BCUT2D eigenvalue weighted by molar-refractivity contribution is 6.42. The first-order valence-corrected chi connectivity index (χ1v) is 7.71. The summed E-state index contributed by atoms with van der Waals surface area (Å²) in [6.07, 6.45) is 0.307. The number of hydrogen-bond donors (Lipinski definition) is 3. The molecule has 0 radical (unpaired) electrons. The van der Waals surface area contributed by atoms with Crippen molar-refractivity contribution in [1.29, 1.82) is 0 Å². The molecule has 0 aromatic heterocycles. The Kier molecular flexibility index (Phi) is 7.32. The molecule has 1 atom stereocenters. The second-order valence-electron chi connectivity index (χ2n) is 5.40. The Morgan fingerprint density at radius 1 is 1.17 bits per heavy atom. The summed E-state index contributed by atoms with van der Waals surface area (Å²) in [5.41, 5.74) is 0.254. The van der Waals surface area contributed by atoms with E-state index in [0.29, 0.717) is 11.4 Å². The SMILES string of the molecule is CC(C)C[C@@H](NC(=O)CNC(=O)c1ccc(Cl)c(Cl)c1)C(=O)O. The van der Waals surface area contributed by atoms with E-state index in [-0.39, 0.29) is 23.0 Å². The number of hydrogen-bond acceptors (Lipinski definition) is 3. The van der Waals surface area contributed by atoms with E-state index >= 15 is 0 Å². The first-order chi connectivity index (χ1) is 10.7. The summed E-state index contributed by atoms with van der Waals surface area (Å²) in [7, 11) is 0. The lowest BCUT2D eigenvalue weighted by atomic mass is 10.0. The minimum atomic E-state index is -1.11. The predicted molar refractivity (Wildman–Crippen MR) is 87.8 cm³/mol. The zero-order valence-electron chi connectivity index (χ0n) is 12.7. The summed E-state index contributed by atoms with van der Waals surface area (Å²) in [5, 5.41) is 14.4. The van der Waals surface area contributed by atoms with Gasteiger partial charge in [-0.3, -0.25) is 9.59 Å². The van der Waals surface area contributed by atoms with Crippen LogP contribution in [0.25, 0.3) is 0 Å². The number of benzene rings is 1. The first kappa shape index (κ1) is 19.3. The maximum atomic E-state index is 11.9. The number of nitrogens with one attached hydrogen (secondary N) is 2. The molecule has 0 heterocycles. The summed E-state index contributed by atoms with van der Waals surface area (Å²) >= 11 is 11.6. The van der Waals surface area contributed by atoms with Gasteiger partial charge in [-0.1, -0.05) is 37.0 Å². The molecule has 0 aliphatic rings. The molecular formula is C15H18Cl2N2O4. The molecule has 6 nitrogen and oxygen atoms in total. The van der Waals surface area contributed by atoms with Crippen LogP contribution >= 0.6 is 23.2 Å². The largest absolute Gasteiger partial charge is 0.480 e. The number of halogens is 2. The third-order valence-electron chi connectivity index (χ3n) is 2.93. The first-order valence-electron chi connectivity index (χ1n) is 6.96. The van der Waals surface area contributed by atoms with E-state index in [1.807, 2.05) is 13.8 Å². The fraction of sp³-hybridized carbons (Fsp3) is 0.400. The van der Waals surface area contributed by atoms with Gasteiger partial charge in [0.1, 0.15) is 6.04 Å². The number of carbonyl (C=O) groups excluding carboxylic acids is 2. The van der Waals surface area contributed by atoms with Crippen LogP contribution < -0.4 is 10.6 Å². The number of rotatable bonds is 7. The van der Waals surface area contributed by atoms with Crippen molar-refractivity contribution in [3.05, 3.63) is 33.8 Å². The van der Waals surface area contributed by atoms with Crippen molar-refractivity contribution < 1.29 is 19.5 Å². The minimum Gasteiger partial charge on any atom is -0.480 e. The highest BCUT2D eigenvalue weighted by Gasteiger charge is 2.21. The minimum absolute atomic E-state index is 0.113. The Hall–Kier alpha value is -1.79. The van der Waals surface area contributed by atoms with Crippen LogP contribution in [0.2, 0.25) is 10.0 Å². The molecule has 1 rings (SSSR count). The van der Waals surface area contributed by atoms with Crippen molar-refractivity contribution >= 4 is 41.0 Å². The topological polar surface area (TPSA) is 95.5 Å². The number of carbonyl (C=O) groups is 3. The summed E-state index contributed by atoms with van der Waals surface area (Å²) in [4.78, 5) is 34.7. The van der Waals surface area contributed by atoms with Crippen molar-refractivity contribution in [3.63, 3.8) is 0 Å². The van der Waals surface area contributed by atoms with Crippen LogP contribution in [-0.2, 0) is 9.59 Å². The fourth-order valence-corrected chi connectivity index (χ4v) is 2.14. The quantitative estimate of drug-likeness (QED) is 0.695. The van der Waals surface area contributed by atoms with Gasteiger partial charge in [-0.15, -0.1) is 0 Å². The van der Waals surface area contributed by atoms with Gasteiger partial charge in [0.2, 0.25) is 5.91 Å². The van der Waals surface area contributed by atoms with Gasteiger partial charge in [0.25, 0.3) is 5.91 Å². The summed E-state index contributed by atoms with van der Waals surface area (Å²) in [5.74, 6) is -2.08. The average Bonchev–Trinajstić information content (AvgIpc) is 2.46. The Bertz CT molecular complexity index is 605. The normalized spacial score (nSPS) is 11.9. The molecule has 1 aromatic rings. The van der Waals surface area contributed by atoms with E-state index in [0.717, 1.165) is 0 Å². The van der Waals surface area contributed by atoms with Gasteiger partial charge in [-0.05, 0) is 30.5 Å². The second-order valence-corrected chi connectivity index (χ2v) is 6.21. The smallest absolute Gasteiger partial charge is 0.326 e. The van der Waals surface area contributed by atoms with E-state index in [2.05, 4.69) is 10.6 Å². The number of aliphatic carboxylic acids is 1. The predicted octanol–water partition coefficient (Wildman–Crippen LogP) is 2.34. The maximum Gasteiger partial charge on any atom is 0.326 e. The van der Waals surface area contributed by atoms with Gasteiger partial charge in [0.05, 0.1) is 16.6 Å². The second kappa shape index (κ2) is 8.74. The van der Waals surface area contributed by atoms with Gasteiger partial charge >= 0.3 is 5.97 Å². The Morgan fingerprint density at radius 2 is 1.83 bits per heavy atom. The lowest BCUT2D eigenvalue weighted by Gasteiger charge is -2.16. The number of carboxylic acids is 1. The summed E-state index contributed by atoms with van der Waals surface area (Å²) in [6.45, 7) is 3.38. The van der Waals surface area contributed by atoms with Crippen molar-refractivity contribution in [3.8, 4) is 0 Å². The molecule has 1 aromatic carbocycles. The molecule has 0 fully saturated rings. The van der Waals surface area contributed by atoms with Crippen LogP contribution in [0.1, 0.15) is 30.6 Å². The molecule has 0 aliphatic carbocycles. The van der Waals surface area contributed by atoms with Crippen LogP contribution in [0.15, 0.2) is 18.2 Å². The van der Waals surface area contributed by atoms with Gasteiger partial charge in [0, 0.05) is 5.56 Å². The van der Waals surface area contributed by atoms with Crippen molar-refractivity contribution in [2.24, 2.45) is 5.92 Å². The van der Waals surface area contributed by atoms with E-state index in [1.165, 1.54) is 18.2 Å². The highest BCUT2D eigenvalue weighted by Crippen LogP contribution is 2.22. The third-order valence-corrected chi connectivity index (χ3v) is 3.67. The van der Waals surface area contributed by atoms with E-state index in [9.17, 15) is 14.4 Å². The summed E-state index contributed by atoms with van der Waals surface area (Å²) < 4.78 is 0. The van der Waals surface area contributed by atoms with Crippen LogP contribution in [0.4, 0.5) is 0 Å². The van der Waals surface area contributed by atoms with Gasteiger partial charge in [0.15, 0.2) is 0 Å². The number of carboxylic acid groups (broad SMARTS) is 1. The molecule has 0 spiro atoms. The lowest BCUT2D eigenvalue weighted by Crippen LogP contribution is -2.46. The van der Waals surface area contributed by atoms with Crippen LogP contribution in [0.5, 0.6) is 0 Å². The van der Waals surface area contributed by atoms with Crippen molar-refractivity contribution in [1.82, 2.24) is 10.6 Å². The summed E-state index contributed by atoms with van der Waals surface area (Å²) in [6, 6.07) is 3.35. The molecule has 2 amide bonds. The van der Waals surface area contributed by atoms with Crippen molar-refractivity contribution in [2.45, 2.75) is 26.3 Å². The Balaban J connectivity index is 2.56. The van der Waals surface area contributed by atoms with E-state index < -0.39 is 23.8 Å². The molecule has 3 N–H and O–H groups in total. The standard InChI is InChI=1S/C15H18Cl2N2O4/c1-8(2)5-12(15(22)23)19-13(20)7-18-14(21)9-3-4-10(16)11(17)6-9/h3-4,6,8,12H,5,7H2,1-2H3,(H,18,21)(H,19,20)(H,22,23)/t12-/m1/s1. The molecule has 0 saturated heterocycles. The molecule has 23 heavy (non-hydrogen) atoms. The number of amides is 2. The van der Waals surface area contributed by atoms with E-state index in [1.54, 1.807) is 0 Å². The highest BCUT2D eigenvalue weighted by atomic mass is 35.5. The Morgan fingerprint density at radius 3 is 2.35 bits per heavy atom. The molecule has 0 unspecified atom stereocenters. The monoisotopic (exact) mass is 360 g/mol. The molecule has 126 valence electrons. The van der Waals surface area contributed by atoms with Gasteiger partial charge in [-0.25, -0.2) is 4.79 Å². The fourth-order valence-electron chi connectivity index (χ4n) is 1.84. The van der Waals surface area contributed by atoms with Crippen LogP contribution in [0, 0.1) is 5.92 Å². The molecule has 0 saturated carbocycles.